The molecule has 0 unspecified atom stereocenters. The summed E-state index contributed by atoms with van der Waals surface area (Å²) in [7, 11) is 3.43. The van der Waals surface area contributed by atoms with Gasteiger partial charge in [-0.3, -0.25) is 4.79 Å². The summed E-state index contributed by atoms with van der Waals surface area (Å²) in [5.74, 6) is 0.589. The van der Waals surface area contributed by atoms with Crippen LogP contribution < -0.4 is 10.6 Å². The molecule has 0 aliphatic heterocycles. The first-order valence-electron chi connectivity index (χ1n) is 8.26. The molecule has 0 heterocycles. The van der Waals surface area contributed by atoms with Crippen LogP contribution in [-0.2, 0) is 0 Å². The highest BCUT2D eigenvalue weighted by Gasteiger charge is 2.20. The van der Waals surface area contributed by atoms with Crippen molar-refractivity contribution < 1.29 is 9.59 Å². The molecule has 0 aromatic heterocycles. The van der Waals surface area contributed by atoms with Crippen LogP contribution in [0.25, 0.3) is 0 Å². The largest absolute Gasteiger partial charge is 0.345 e. The molecule has 0 bridgehead atoms. The highest BCUT2D eigenvalue weighted by Crippen LogP contribution is 2.24. The fourth-order valence-electron chi connectivity index (χ4n) is 3.06. The third kappa shape index (κ3) is 4.71. The number of aryl methyl sites for hydroxylation is 1. The number of rotatable bonds is 3. The summed E-state index contributed by atoms with van der Waals surface area (Å²) in [5, 5.41) is 5.94. The smallest absolute Gasteiger partial charge is 0.319 e. The maximum absolute atomic E-state index is 12.2. The maximum atomic E-state index is 12.2. The Morgan fingerprint density at radius 3 is 2.61 bits per heavy atom. The van der Waals surface area contributed by atoms with Crippen LogP contribution in [0.4, 0.5) is 10.5 Å². The van der Waals surface area contributed by atoms with Crippen molar-refractivity contribution in [3.8, 4) is 0 Å². The predicted octanol–water partition coefficient (Wildman–Crippen LogP) is 3.40. The summed E-state index contributed by atoms with van der Waals surface area (Å²) in [6, 6.07) is 5.42. The Morgan fingerprint density at radius 1 is 1.22 bits per heavy atom. The molecule has 0 spiro atoms. The Bertz CT molecular complexity index is 584. The lowest BCUT2D eigenvalue weighted by molar-refractivity contribution is 0.0827. The summed E-state index contributed by atoms with van der Waals surface area (Å²) in [5.41, 5.74) is 2.19. The molecule has 23 heavy (non-hydrogen) atoms. The van der Waals surface area contributed by atoms with Gasteiger partial charge in [-0.05, 0) is 43.4 Å². The second-order valence-electron chi connectivity index (χ2n) is 6.80. The summed E-state index contributed by atoms with van der Waals surface area (Å²) in [4.78, 5) is 25.8. The lowest BCUT2D eigenvalue weighted by Gasteiger charge is -2.27. The van der Waals surface area contributed by atoms with Gasteiger partial charge in [-0.1, -0.05) is 25.8 Å². The highest BCUT2D eigenvalue weighted by atomic mass is 16.2. The van der Waals surface area contributed by atoms with Gasteiger partial charge >= 0.3 is 6.03 Å². The van der Waals surface area contributed by atoms with Gasteiger partial charge in [-0.15, -0.1) is 0 Å². The van der Waals surface area contributed by atoms with E-state index in [0.29, 0.717) is 17.2 Å². The van der Waals surface area contributed by atoms with Crippen molar-refractivity contribution in [3.05, 3.63) is 29.3 Å². The Labute approximate surface area is 138 Å². The van der Waals surface area contributed by atoms with Gasteiger partial charge in [0.25, 0.3) is 5.91 Å². The molecular weight excluding hydrogens is 290 g/mol. The molecule has 5 nitrogen and oxygen atoms in total. The van der Waals surface area contributed by atoms with Crippen LogP contribution in [0.3, 0.4) is 0 Å². The second-order valence-corrected chi connectivity index (χ2v) is 6.80. The normalized spacial score (nSPS) is 20.7. The number of hydrogen-bond acceptors (Lipinski definition) is 2. The summed E-state index contributed by atoms with van der Waals surface area (Å²) >= 11 is 0. The molecule has 3 amide bonds. The number of urea groups is 1. The summed E-state index contributed by atoms with van der Waals surface area (Å²) in [6.45, 7) is 4.15. The van der Waals surface area contributed by atoms with Crippen molar-refractivity contribution in [2.24, 2.45) is 5.92 Å². The van der Waals surface area contributed by atoms with Crippen LogP contribution in [0.15, 0.2) is 18.2 Å². The van der Waals surface area contributed by atoms with Crippen molar-refractivity contribution in [1.29, 1.82) is 0 Å². The molecule has 2 atom stereocenters. The molecule has 2 N–H and O–H groups in total. The van der Waals surface area contributed by atoms with E-state index in [1.165, 1.54) is 11.3 Å². The molecule has 1 aliphatic rings. The zero-order valence-electron chi connectivity index (χ0n) is 14.5. The van der Waals surface area contributed by atoms with Crippen LogP contribution in [0.2, 0.25) is 0 Å². The molecule has 1 aliphatic carbocycles. The Balaban J connectivity index is 2.02. The number of amides is 3. The van der Waals surface area contributed by atoms with E-state index in [9.17, 15) is 9.59 Å². The van der Waals surface area contributed by atoms with E-state index in [0.717, 1.165) is 24.8 Å². The molecule has 0 saturated heterocycles. The monoisotopic (exact) mass is 317 g/mol. The number of nitrogens with zero attached hydrogens (tertiary/aromatic N) is 1. The number of hydrogen-bond donors (Lipinski definition) is 2. The topological polar surface area (TPSA) is 61.4 Å². The first-order valence-corrected chi connectivity index (χ1v) is 8.26. The third-order valence-electron chi connectivity index (χ3n) is 4.41. The van der Waals surface area contributed by atoms with E-state index in [-0.39, 0.29) is 18.0 Å². The van der Waals surface area contributed by atoms with Crippen molar-refractivity contribution in [3.63, 3.8) is 0 Å². The van der Waals surface area contributed by atoms with Crippen LogP contribution in [0.5, 0.6) is 0 Å². The molecule has 1 saturated carbocycles. The molecule has 126 valence electrons. The van der Waals surface area contributed by atoms with Crippen LogP contribution >= 0.6 is 0 Å². The molecule has 1 aromatic rings. The van der Waals surface area contributed by atoms with Crippen molar-refractivity contribution in [2.45, 2.75) is 45.6 Å². The third-order valence-corrected chi connectivity index (χ3v) is 4.41. The van der Waals surface area contributed by atoms with Gasteiger partial charge < -0.3 is 15.5 Å². The molecule has 2 rings (SSSR count). The van der Waals surface area contributed by atoms with Crippen LogP contribution in [0.1, 0.15) is 48.5 Å². The fraction of sp³-hybridized carbons (Fsp3) is 0.556. The van der Waals surface area contributed by atoms with Gasteiger partial charge in [-0.2, -0.15) is 0 Å². The summed E-state index contributed by atoms with van der Waals surface area (Å²) < 4.78 is 0. The molecule has 0 radical (unpaired) electrons. The zero-order valence-corrected chi connectivity index (χ0v) is 14.5. The van der Waals surface area contributed by atoms with Crippen LogP contribution in [-0.4, -0.2) is 37.0 Å². The SMILES string of the molecule is Cc1ccc(C(=O)N(C)C)cc1NC(=O)N[C@H]1CCC[C@H](C)C1. The standard InChI is InChI=1S/C18H27N3O2/c1-12-6-5-7-15(10-12)19-18(23)20-16-11-14(9-8-13(16)2)17(22)21(3)4/h8-9,11-12,15H,5-7,10H2,1-4H3,(H2,19,20,23)/t12-,15-/m0/s1. The zero-order chi connectivity index (χ0) is 17.0. The minimum Gasteiger partial charge on any atom is -0.345 e. The average Bonchev–Trinajstić information content (AvgIpc) is 2.48. The van der Waals surface area contributed by atoms with E-state index in [4.69, 9.17) is 0 Å². The lowest BCUT2D eigenvalue weighted by Crippen LogP contribution is -2.40. The number of anilines is 1. The number of carbonyl (C=O) groups excluding carboxylic acids is 2. The Kier molecular flexibility index (Phi) is 5.64. The van der Waals surface area contributed by atoms with E-state index in [1.807, 2.05) is 13.0 Å². The van der Waals surface area contributed by atoms with Gasteiger partial charge in [0.2, 0.25) is 0 Å². The van der Waals surface area contributed by atoms with Crippen molar-refractivity contribution in [2.75, 3.05) is 19.4 Å². The van der Waals surface area contributed by atoms with E-state index < -0.39 is 0 Å². The second kappa shape index (κ2) is 7.49. The first kappa shape index (κ1) is 17.3. The molecule has 1 fully saturated rings. The highest BCUT2D eigenvalue weighted by molar-refractivity contribution is 5.97. The molecule has 1 aromatic carbocycles. The van der Waals surface area contributed by atoms with Gasteiger partial charge in [-0.25, -0.2) is 4.79 Å². The Morgan fingerprint density at radius 2 is 1.96 bits per heavy atom. The number of carbonyl (C=O) groups is 2. The van der Waals surface area contributed by atoms with E-state index in [1.54, 1.807) is 26.2 Å². The number of benzene rings is 1. The van der Waals surface area contributed by atoms with E-state index in [2.05, 4.69) is 17.6 Å². The van der Waals surface area contributed by atoms with Crippen LogP contribution in [0, 0.1) is 12.8 Å². The van der Waals surface area contributed by atoms with Gasteiger partial charge in [0.15, 0.2) is 0 Å². The fourth-order valence-corrected chi connectivity index (χ4v) is 3.06. The predicted molar refractivity (Wildman–Crippen MR) is 92.8 cm³/mol. The first-order chi connectivity index (χ1) is 10.9. The minimum absolute atomic E-state index is 0.0745. The van der Waals surface area contributed by atoms with Crippen molar-refractivity contribution in [1.82, 2.24) is 10.2 Å². The molecular formula is C18H27N3O2. The molecule has 5 heteroatoms. The van der Waals surface area contributed by atoms with Crippen molar-refractivity contribution >= 4 is 17.6 Å². The van der Waals surface area contributed by atoms with Gasteiger partial charge in [0, 0.05) is 31.4 Å². The average molecular weight is 317 g/mol. The maximum Gasteiger partial charge on any atom is 0.319 e. The van der Waals surface area contributed by atoms with Gasteiger partial charge in [0.05, 0.1) is 0 Å². The van der Waals surface area contributed by atoms with Gasteiger partial charge in [0.1, 0.15) is 0 Å². The number of nitrogens with one attached hydrogen (secondary N) is 2. The lowest BCUT2D eigenvalue weighted by atomic mass is 9.87. The Hall–Kier alpha value is -2.04. The van der Waals surface area contributed by atoms with E-state index >= 15 is 0 Å². The minimum atomic E-state index is -0.193. The quantitative estimate of drug-likeness (QED) is 0.897. The summed E-state index contributed by atoms with van der Waals surface area (Å²) in [6.07, 6.45) is 4.48.